The van der Waals surface area contributed by atoms with Crippen LogP contribution in [0.15, 0.2) is 24.3 Å². The Labute approximate surface area is 190 Å². The number of rotatable bonds is 7. The maximum absolute atomic E-state index is 11.7. The van der Waals surface area contributed by atoms with Crippen molar-refractivity contribution in [3.63, 3.8) is 0 Å². The first kappa shape index (κ1) is 22.3. The quantitative estimate of drug-likeness (QED) is 0.625. The summed E-state index contributed by atoms with van der Waals surface area (Å²) in [4.78, 5) is 16.8. The smallest absolute Gasteiger partial charge is 0.338 e. The van der Waals surface area contributed by atoms with Crippen LogP contribution < -0.4 is 4.74 Å². The van der Waals surface area contributed by atoms with Gasteiger partial charge in [-0.05, 0) is 61.1 Å². The average Bonchev–Trinajstić information content (AvgIpc) is 3.19. The predicted molar refractivity (Wildman–Crippen MR) is 123 cm³/mol. The molecule has 0 atom stereocenters. The Kier molecular flexibility index (Phi) is 6.78. The molecule has 0 bridgehead atoms. The lowest BCUT2D eigenvalue weighted by atomic mass is 9.96. The van der Waals surface area contributed by atoms with E-state index in [1.165, 1.54) is 16.7 Å². The van der Waals surface area contributed by atoms with Crippen molar-refractivity contribution >= 4 is 5.97 Å². The summed E-state index contributed by atoms with van der Waals surface area (Å²) in [7, 11) is 1.63. The number of esters is 1. The molecule has 0 radical (unpaired) electrons. The van der Waals surface area contributed by atoms with Crippen molar-refractivity contribution in [2.45, 2.75) is 33.3 Å². The Hall–Kier alpha value is -2.88. The summed E-state index contributed by atoms with van der Waals surface area (Å²) >= 11 is 0. The lowest BCUT2D eigenvalue weighted by Gasteiger charge is -2.35. The van der Waals surface area contributed by atoms with Gasteiger partial charge in [0.2, 0.25) is 0 Å². The number of benzene rings is 2. The molecule has 2 heterocycles. The zero-order valence-electron chi connectivity index (χ0n) is 19.2. The molecular formula is C26H31N3O3. The molecule has 0 aromatic heterocycles. The number of carbonyl (C=O) groups is 1. The summed E-state index contributed by atoms with van der Waals surface area (Å²) in [5.74, 6) is 0.507. The molecule has 1 fully saturated rings. The molecule has 0 spiro atoms. The van der Waals surface area contributed by atoms with Gasteiger partial charge in [0.05, 0.1) is 18.2 Å². The summed E-state index contributed by atoms with van der Waals surface area (Å²) in [5, 5.41) is 9.24. The molecule has 1 saturated heterocycles. The average molecular weight is 434 g/mol. The van der Waals surface area contributed by atoms with E-state index in [2.05, 4.69) is 34.9 Å². The van der Waals surface area contributed by atoms with Crippen LogP contribution in [0.2, 0.25) is 0 Å². The largest absolute Gasteiger partial charge is 0.495 e. The van der Waals surface area contributed by atoms with Crippen molar-refractivity contribution in [3.05, 3.63) is 63.2 Å². The van der Waals surface area contributed by atoms with Crippen LogP contribution in [-0.2, 0) is 24.2 Å². The first-order valence-corrected chi connectivity index (χ1v) is 11.3. The van der Waals surface area contributed by atoms with E-state index < -0.39 is 0 Å². The Morgan fingerprint density at radius 2 is 1.56 bits per heavy atom. The molecule has 0 saturated carbocycles. The van der Waals surface area contributed by atoms with Gasteiger partial charge in [0.15, 0.2) is 0 Å². The van der Waals surface area contributed by atoms with Crippen molar-refractivity contribution in [1.29, 1.82) is 5.26 Å². The third-order valence-corrected chi connectivity index (χ3v) is 6.98. The van der Waals surface area contributed by atoms with Gasteiger partial charge in [0, 0.05) is 44.8 Å². The topological polar surface area (TPSA) is 65.8 Å². The number of carbonyl (C=O) groups excluding carboxylic acids is 1. The van der Waals surface area contributed by atoms with Crippen LogP contribution in [0.1, 0.15) is 43.7 Å². The first-order chi connectivity index (χ1) is 15.5. The molecule has 0 unspecified atom stereocenters. The van der Waals surface area contributed by atoms with E-state index in [0.717, 1.165) is 68.8 Å². The molecule has 0 N–H and O–H groups in total. The van der Waals surface area contributed by atoms with Gasteiger partial charge in [-0.3, -0.25) is 0 Å². The van der Waals surface area contributed by atoms with Crippen LogP contribution in [0.3, 0.4) is 0 Å². The van der Waals surface area contributed by atoms with E-state index in [-0.39, 0.29) is 5.97 Å². The van der Waals surface area contributed by atoms with Gasteiger partial charge in [-0.25, -0.2) is 4.79 Å². The van der Waals surface area contributed by atoms with Crippen molar-refractivity contribution in [2.24, 2.45) is 0 Å². The minimum atomic E-state index is -0.194. The summed E-state index contributed by atoms with van der Waals surface area (Å²) in [5.41, 5.74) is 7.23. The lowest BCUT2D eigenvalue weighted by molar-refractivity contribution is 0.0535. The molecule has 0 amide bonds. The van der Waals surface area contributed by atoms with Gasteiger partial charge in [-0.2, -0.15) is 5.26 Å². The van der Waals surface area contributed by atoms with E-state index in [9.17, 15) is 10.1 Å². The fourth-order valence-corrected chi connectivity index (χ4v) is 4.82. The summed E-state index contributed by atoms with van der Waals surface area (Å²) in [6, 6.07) is 10.1. The summed E-state index contributed by atoms with van der Waals surface area (Å²) in [6.07, 6.45) is 1.96. The zero-order chi connectivity index (χ0) is 22.7. The molecule has 2 aromatic rings. The summed E-state index contributed by atoms with van der Waals surface area (Å²) in [6.45, 7) is 10.9. The summed E-state index contributed by atoms with van der Waals surface area (Å²) < 4.78 is 10.6. The van der Waals surface area contributed by atoms with Crippen LogP contribution in [0.4, 0.5) is 0 Å². The van der Waals surface area contributed by atoms with Crippen LogP contribution in [-0.4, -0.2) is 62.1 Å². The van der Waals surface area contributed by atoms with Crippen LogP contribution in [0.5, 0.6) is 5.75 Å². The molecule has 2 aromatic carbocycles. The first-order valence-electron chi connectivity index (χ1n) is 11.3. The van der Waals surface area contributed by atoms with Gasteiger partial charge in [0.25, 0.3) is 0 Å². The minimum Gasteiger partial charge on any atom is -0.495 e. The number of hydrogen-bond donors (Lipinski definition) is 0. The molecule has 0 aliphatic carbocycles. The van der Waals surface area contributed by atoms with E-state index in [1.54, 1.807) is 7.11 Å². The minimum absolute atomic E-state index is 0.194. The van der Waals surface area contributed by atoms with Crippen molar-refractivity contribution in [3.8, 4) is 11.8 Å². The third kappa shape index (κ3) is 4.50. The van der Waals surface area contributed by atoms with Gasteiger partial charge >= 0.3 is 5.97 Å². The van der Waals surface area contributed by atoms with Gasteiger partial charge in [0.1, 0.15) is 18.4 Å². The maximum atomic E-state index is 11.7. The highest BCUT2D eigenvalue weighted by Gasteiger charge is 2.24. The highest BCUT2D eigenvalue weighted by Crippen LogP contribution is 2.27. The highest BCUT2D eigenvalue weighted by molar-refractivity contribution is 5.93. The van der Waals surface area contributed by atoms with Gasteiger partial charge in [-0.1, -0.05) is 12.1 Å². The molecule has 6 nitrogen and oxygen atoms in total. The number of methoxy groups -OCH3 is 1. The molecule has 168 valence electrons. The molecular weight excluding hydrogens is 402 g/mol. The van der Waals surface area contributed by atoms with Gasteiger partial charge < -0.3 is 19.3 Å². The number of piperazine rings is 1. The Morgan fingerprint density at radius 1 is 0.969 bits per heavy atom. The fraction of sp³-hybridized carbons (Fsp3) is 0.462. The Morgan fingerprint density at radius 3 is 2.16 bits per heavy atom. The molecule has 6 heteroatoms. The Balaban J connectivity index is 1.26. The number of cyclic esters (lactones) is 1. The van der Waals surface area contributed by atoms with Gasteiger partial charge in [-0.15, -0.1) is 0 Å². The van der Waals surface area contributed by atoms with E-state index in [4.69, 9.17) is 9.47 Å². The van der Waals surface area contributed by atoms with Crippen molar-refractivity contribution in [1.82, 2.24) is 9.80 Å². The van der Waals surface area contributed by atoms with Crippen molar-refractivity contribution < 1.29 is 14.3 Å². The second-order valence-corrected chi connectivity index (χ2v) is 8.68. The Bertz CT molecular complexity index is 1050. The highest BCUT2D eigenvalue weighted by atomic mass is 16.5. The molecule has 2 aliphatic heterocycles. The van der Waals surface area contributed by atoms with E-state index in [0.29, 0.717) is 17.9 Å². The van der Waals surface area contributed by atoms with E-state index >= 15 is 0 Å². The maximum Gasteiger partial charge on any atom is 0.338 e. The fourth-order valence-electron chi connectivity index (χ4n) is 4.82. The van der Waals surface area contributed by atoms with Crippen LogP contribution in [0.25, 0.3) is 0 Å². The standard InChI is InChI=1S/C26H31N3O3/c1-18-20(6-7-23-24(18)17-32-26(23)30)8-10-28-12-14-29(15-13-28)11-9-21-4-5-22(16-27)25(31-3)19(21)2/h4-7H,8-15,17H2,1-3H3. The third-order valence-electron chi connectivity index (χ3n) is 6.98. The molecule has 4 rings (SSSR count). The lowest BCUT2D eigenvalue weighted by Crippen LogP contribution is -2.47. The number of nitriles is 1. The number of ether oxygens (including phenoxy) is 2. The molecule has 32 heavy (non-hydrogen) atoms. The number of fused-ring (bicyclic) bond motifs is 1. The SMILES string of the molecule is COc1c(C#N)ccc(CCN2CCN(CCc3ccc4c(c3C)COC4=O)CC2)c1C. The molecule has 2 aliphatic rings. The predicted octanol–water partition coefficient (Wildman–Crippen LogP) is 3.26. The second kappa shape index (κ2) is 9.72. The van der Waals surface area contributed by atoms with Crippen LogP contribution >= 0.6 is 0 Å². The van der Waals surface area contributed by atoms with Crippen LogP contribution in [0, 0.1) is 25.2 Å². The van der Waals surface area contributed by atoms with Crippen molar-refractivity contribution in [2.75, 3.05) is 46.4 Å². The van der Waals surface area contributed by atoms with E-state index in [1.807, 2.05) is 19.1 Å². The normalized spacial score (nSPS) is 16.5. The number of nitrogens with zero attached hydrogens (tertiary/aromatic N) is 3. The zero-order valence-corrected chi connectivity index (χ0v) is 19.2. The number of hydrogen-bond acceptors (Lipinski definition) is 6. The second-order valence-electron chi connectivity index (χ2n) is 8.68. The monoisotopic (exact) mass is 433 g/mol.